The van der Waals surface area contributed by atoms with Crippen molar-refractivity contribution in [1.82, 2.24) is 0 Å². The molecule has 0 N–H and O–H groups in total. The third-order valence-electron chi connectivity index (χ3n) is 10.8. The Labute approximate surface area is 281 Å². The minimum Gasteiger partial charge on any atom is -0.218 e. The van der Waals surface area contributed by atoms with E-state index in [4.69, 9.17) is 0 Å². The molecule has 1 aliphatic carbocycles. The number of benzene rings is 6. The Kier molecular flexibility index (Phi) is 6.02. The van der Waals surface area contributed by atoms with Gasteiger partial charge in [0.05, 0.1) is 9.79 Å². The summed E-state index contributed by atoms with van der Waals surface area (Å²) in [4.78, 5) is 3.36. The molecule has 0 saturated carbocycles. The van der Waals surface area contributed by atoms with Crippen LogP contribution in [0, 0.1) is 0 Å². The van der Waals surface area contributed by atoms with Crippen molar-refractivity contribution < 1.29 is 8.42 Å². The Morgan fingerprint density at radius 2 is 1.04 bits per heavy atom. The van der Waals surface area contributed by atoms with Gasteiger partial charge in [0.2, 0.25) is 9.84 Å². The zero-order valence-electron chi connectivity index (χ0n) is 26.8. The summed E-state index contributed by atoms with van der Waals surface area (Å²) in [6, 6.07) is 44.9. The molecule has 2 heterocycles. The smallest absolute Gasteiger partial charge is 0.207 e. The van der Waals surface area contributed by atoms with E-state index in [1.54, 1.807) is 18.2 Å². The molecule has 3 aliphatic rings. The molecule has 2 aliphatic heterocycles. The normalized spacial score (nSPS) is 17.4. The molecule has 0 fully saturated rings. The first-order valence-electron chi connectivity index (χ1n) is 16.2. The van der Waals surface area contributed by atoms with Crippen LogP contribution in [0.3, 0.4) is 0 Å². The number of hydrogen-bond donors (Lipinski definition) is 0. The van der Waals surface area contributed by atoms with Crippen LogP contribution in [-0.2, 0) is 20.7 Å². The van der Waals surface area contributed by atoms with Gasteiger partial charge in [-0.2, -0.15) is 0 Å². The second kappa shape index (κ2) is 9.82. The molecule has 0 aromatic heterocycles. The van der Waals surface area contributed by atoms with E-state index >= 15 is 0 Å². The highest BCUT2D eigenvalue weighted by atomic mass is 32.2. The van der Waals surface area contributed by atoms with Crippen LogP contribution < -0.4 is 0 Å². The van der Waals surface area contributed by atoms with Crippen LogP contribution in [0.4, 0.5) is 0 Å². The lowest BCUT2D eigenvalue weighted by molar-refractivity contribution is 0.592. The van der Waals surface area contributed by atoms with Gasteiger partial charge >= 0.3 is 0 Å². The Balaban J connectivity index is 1.15. The van der Waals surface area contributed by atoms with Gasteiger partial charge in [0.15, 0.2) is 0 Å². The molecule has 0 amide bonds. The number of rotatable bonds is 2. The van der Waals surface area contributed by atoms with Gasteiger partial charge in [-0.25, -0.2) is 8.42 Å². The maximum absolute atomic E-state index is 13.2. The summed E-state index contributed by atoms with van der Waals surface area (Å²) in [5.41, 5.74) is 12.9. The lowest BCUT2D eigenvalue weighted by atomic mass is 9.63. The predicted molar refractivity (Wildman–Crippen MR) is 191 cm³/mol. The third-order valence-corrected chi connectivity index (χ3v) is 13.9. The van der Waals surface area contributed by atoms with Gasteiger partial charge in [0, 0.05) is 37.7 Å². The van der Waals surface area contributed by atoms with Crippen molar-refractivity contribution in [2.45, 2.75) is 64.0 Å². The fourth-order valence-electron chi connectivity index (χ4n) is 8.36. The van der Waals surface area contributed by atoms with Crippen molar-refractivity contribution in [1.29, 1.82) is 0 Å². The summed E-state index contributed by atoms with van der Waals surface area (Å²) in [7, 11) is -3.49. The maximum Gasteiger partial charge on any atom is 0.207 e. The molecule has 9 rings (SSSR count). The average Bonchev–Trinajstić information content (AvgIpc) is 3.31. The van der Waals surface area contributed by atoms with Gasteiger partial charge < -0.3 is 0 Å². The van der Waals surface area contributed by atoms with E-state index < -0.39 is 9.84 Å². The molecule has 230 valence electrons. The second-order valence-corrected chi connectivity index (χ2v) is 17.1. The van der Waals surface area contributed by atoms with Crippen LogP contribution in [0.15, 0.2) is 147 Å². The highest BCUT2D eigenvalue weighted by Gasteiger charge is 2.40. The van der Waals surface area contributed by atoms with Crippen LogP contribution >= 0.6 is 11.8 Å². The fourth-order valence-corrected chi connectivity index (χ4v) is 11.4. The lowest BCUT2D eigenvalue weighted by Crippen LogP contribution is -2.30. The van der Waals surface area contributed by atoms with E-state index in [1.165, 1.54) is 48.7 Å². The molecule has 0 bridgehead atoms. The number of fused-ring (bicyclic) bond motifs is 7. The van der Waals surface area contributed by atoms with Crippen LogP contribution in [0.25, 0.3) is 22.3 Å². The van der Waals surface area contributed by atoms with Gasteiger partial charge in [-0.3, -0.25) is 0 Å². The topological polar surface area (TPSA) is 34.1 Å². The molecule has 2 nitrogen and oxygen atoms in total. The highest BCUT2D eigenvalue weighted by molar-refractivity contribution is 7.99. The van der Waals surface area contributed by atoms with Crippen molar-refractivity contribution >= 4 is 21.6 Å². The quantitative estimate of drug-likeness (QED) is 0.187. The average molecular weight is 647 g/mol. The second-order valence-electron chi connectivity index (χ2n) is 14.1. The third kappa shape index (κ3) is 4.01. The van der Waals surface area contributed by atoms with Crippen LogP contribution in [0.1, 0.15) is 72.6 Å². The summed E-state index contributed by atoms with van der Waals surface area (Å²) in [5, 5.41) is 0. The molecule has 0 unspecified atom stereocenters. The minimum absolute atomic E-state index is 0.0633. The number of hydrogen-bond acceptors (Lipinski definition) is 3. The molecule has 47 heavy (non-hydrogen) atoms. The van der Waals surface area contributed by atoms with Gasteiger partial charge in [-0.1, -0.05) is 130 Å². The first-order valence-corrected chi connectivity index (χ1v) is 18.5. The zero-order valence-corrected chi connectivity index (χ0v) is 28.5. The lowest BCUT2D eigenvalue weighted by Gasteiger charge is -2.40. The first kappa shape index (κ1) is 28.8. The van der Waals surface area contributed by atoms with E-state index in [0.29, 0.717) is 9.79 Å². The van der Waals surface area contributed by atoms with E-state index in [0.717, 1.165) is 22.3 Å². The predicted octanol–water partition coefficient (Wildman–Crippen LogP) is 10.8. The minimum atomic E-state index is -3.49. The summed E-state index contributed by atoms with van der Waals surface area (Å²) in [6.45, 7) is 9.38. The van der Waals surface area contributed by atoms with Gasteiger partial charge in [-0.15, -0.1) is 0 Å². The van der Waals surface area contributed by atoms with Gasteiger partial charge in [0.1, 0.15) is 0 Å². The molecule has 6 aromatic rings. The number of sulfone groups is 1. The molecular weight excluding hydrogens is 613 g/mol. The van der Waals surface area contributed by atoms with Gasteiger partial charge in [0.25, 0.3) is 0 Å². The standard InChI is InChI=1S/C43H34O2S2/c1-42(2)33-14-8-5-12-30(33)41(31-13-6-9-15-34(31)42)28-18-21-38-36(25-28)43(3,4)35-24-27(17-20-37(35)46-38)26-19-22-40-32(23-26)29-11-7-10-16-39(29)47(40,44)45/h5-25,41H,1-4H3. The highest BCUT2D eigenvalue weighted by Crippen LogP contribution is 2.54. The van der Waals surface area contributed by atoms with E-state index in [2.05, 4.69) is 119 Å². The molecule has 6 aromatic carbocycles. The Morgan fingerprint density at radius 1 is 0.511 bits per heavy atom. The maximum atomic E-state index is 13.2. The van der Waals surface area contributed by atoms with E-state index in [1.807, 2.05) is 30.0 Å². The molecular formula is C43H34O2S2. The summed E-state index contributed by atoms with van der Waals surface area (Å²) in [6.07, 6.45) is 0. The molecule has 0 saturated heterocycles. The monoisotopic (exact) mass is 646 g/mol. The van der Waals surface area contributed by atoms with Crippen molar-refractivity contribution in [2.24, 2.45) is 0 Å². The van der Waals surface area contributed by atoms with Crippen LogP contribution in [0.2, 0.25) is 0 Å². The SMILES string of the molecule is CC1(C)c2cc(-c3ccc4c(c3)-c3ccccc3S4(=O)=O)ccc2Sc2ccc(C3c4ccccc4C(C)(C)c4ccccc43)cc21. The molecule has 0 atom stereocenters. The fraction of sp³-hybridized carbons (Fsp3) is 0.163. The molecule has 0 spiro atoms. The van der Waals surface area contributed by atoms with Crippen molar-refractivity contribution in [3.63, 3.8) is 0 Å². The van der Waals surface area contributed by atoms with E-state index in [-0.39, 0.29) is 16.7 Å². The Morgan fingerprint density at radius 3 is 1.77 bits per heavy atom. The molecule has 0 radical (unpaired) electrons. The Bertz CT molecular complexity index is 2370. The summed E-state index contributed by atoms with van der Waals surface area (Å²) >= 11 is 1.85. The summed E-state index contributed by atoms with van der Waals surface area (Å²) in [5.74, 6) is 0.167. The van der Waals surface area contributed by atoms with E-state index in [9.17, 15) is 8.42 Å². The first-order chi connectivity index (χ1) is 22.6. The largest absolute Gasteiger partial charge is 0.218 e. The Hall–Kier alpha value is -4.38. The molecule has 4 heteroatoms. The van der Waals surface area contributed by atoms with Crippen molar-refractivity contribution in [2.75, 3.05) is 0 Å². The summed E-state index contributed by atoms with van der Waals surface area (Å²) < 4.78 is 26.4. The van der Waals surface area contributed by atoms with Crippen molar-refractivity contribution in [3.8, 4) is 22.3 Å². The van der Waals surface area contributed by atoms with Crippen LogP contribution in [-0.4, -0.2) is 8.42 Å². The zero-order chi connectivity index (χ0) is 32.3. The van der Waals surface area contributed by atoms with Crippen LogP contribution in [0.5, 0.6) is 0 Å². The van der Waals surface area contributed by atoms with Gasteiger partial charge in [-0.05, 0) is 86.5 Å². The van der Waals surface area contributed by atoms with Crippen molar-refractivity contribution in [3.05, 3.63) is 166 Å².